The summed E-state index contributed by atoms with van der Waals surface area (Å²) < 4.78 is 11.6. The molecule has 0 spiro atoms. The Hall–Kier alpha value is -4.08. The zero-order valence-corrected chi connectivity index (χ0v) is 20.1. The second-order valence-corrected chi connectivity index (χ2v) is 8.11. The van der Waals surface area contributed by atoms with Crippen LogP contribution in [0.4, 0.5) is 0 Å². The Morgan fingerprint density at radius 1 is 0.600 bits per heavy atom. The van der Waals surface area contributed by atoms with E-state index in [-0.39, 0.29) is 12.5 Å². The number of ether oxygens (including phenoxy) is 2. The first kappa shape index (κ1) is 24.1. The van der Waals surface area contributed by atoms with Gasteiger partial charge in [-0.15, -0.1) is 0 Å². The number of hydrogen-bond donors (Lipinski definition) is 1. The van der Waals surface area contributed by atoms with Crippen LogP contribution in [0.5, 0.6) is 0 Å². The smallest absolute Gasteiger partial charge is 0.283 e. The van der Waals surface area contributed by atoms with Crippen LogP contribution in [-0.2, 0) is 9.47 Å². The van der Waals surface area contributed by atoms with Gasteiger partial charge in [0.05, 0.1) is 26.4 Å². The van der Waals surface area contributed by atoms with E-state index in [9.17, 15) is 5.11 Å². The lowest BCUT2D eigenvalue weighted by atomic mass is 9.78. The Balaban J connectivity index is 2.11. The van der Waals surface area contributed by atoms with E-state index in [1.54, 1.807) is 14.2 Å². The summed E-state index contributed by atoms with van der Waals surface area (Å²) in [6.07, 6.45) is 0. The lowest BCUT2D eigenvalue weighted by Crippen LogP contribution is -2.15. The van der Waals surface area contributed by atoms with Crippen molar-refractivity contribution in [1.29, 1.82) is 0 Å². The Morgan fingerprint density at radius 3 is 1.31 bits per heavy atom. The van der Waals surface area contributed by atoms with Crippen LogP contribution in [0, 0.1) is 0 Å². The zero-order chi connectivity index (χ0) is 24.5. The van der Waals surface area contributed by atoms with Gasteiger partial charge in [0, 0.05) is 5.92 Å². The van der Waals surface area contributed by atoms with Gasteiger partial charge in [-0.3, -0.25) is 0 Å². The minimum Gasteiger partial charge on any atom is -0.469 e. The molecule has 1 N–H and O–H groups in total. The predicted molar refractivity (Wildman–Crippen MR) is 142 cm³/mol. The molecule has 0 bridgehead atoms. The van der Waals surface area contributed by atoms with Crippen LogP contribution < -0.4 is 0 Å². The highest BCUT2D eigenvalue weighted by Crippen LogP contribution is 2.42. The third-order valence-electron chi connectivity index (χ3n) is 6.06. The quantitative estimate of drug-likeness (QED) is 0.219. The second kappa shape index (κ2) is 11.9. The summed E-state index contributed by atoms with van der Waals surface area (Å²) in [7, 11) is 3.21. The van der Waals surface area contributed by atoms with Crippen molar-refractivity contribution in [3.05, 3.63) is 161 Å². The van der Waals surface area contributed by atoms with Crippen molar-refractivity contribution >= 4 is 5.57 Å². The van der Waals surface area contributed by atoms with Gasteiger partial charge in [-0.2, -0.15) is 0 Å². The molecule has 3 heteroatoms. The monoisotopic (exact) mass is 462 g/mol. The topological polar surface area (TPSA) is 38.7 Å². The molecule has 0 radical (unpaired) electrons. The predicted octanol–water partition coefficient (Wildman–Crippen LogP) is 6.82. The molecule has 0 aliphatic heterocycles. The standard InChI is InChI=1S/C32H30O3/c1-34-32(35-2)31(30(26-19-11-5-12-20-26)27-21-13-6-14-22-27)28(23-33)29(24-15-7-3-8-16-24)25-17-9-4-10-18-25/h3-22,30,33H,23H2,1-2H3. The highest BCUT2D eigenvalue weighted by molar-refractivity contribution is 5.85. The average molecular weight is 463 g/mol. The first-order valence-corrected chi connectivity index (χ1v) is 11.7. The van der Waals surface area contributed by atoms with Crippen LogP contribution in [-0.4, -0.2) is 25.9 Å². The van der Waals surface area contributed by atoms with Crippen molar-refractivity contribution in [2.24, 2.45) is 0 Å². The van der Waals surface area contributed by atoms with Crippen LogP contribution in [0.3, 0.4) is 0 Å². The molecule has 0 amide bonds. The maximum atomic E-state index is 11.0. The van der Waals surface area contributed by atoms with Crippen molar-refractivity contribution in [1.82, 2.24) is 0 Å². The Bertz CT molecular complexity index is 1170. The van der Waals surface area contributed by atoms with Gasteiger partial charge in [-0.05, 0) is 33.4 Å². The summed E-state index contributed by atoms with van der Waals surface area (Å²) in [5, 5.41) is 11.0. The number of methoxy groups -OCH3 is 2. The molecule has 0 unspecified atom stereocenters. The minimum absolute atomic E-state index is 0.194. The average Bonchev–Trinajstić information content (AvgIpc) is 2.94. The number of aliphatic hydroxyl groups excluding tert-OH is 1. The van der Waals surface area contributed by atoms with E-state index in [2.05, 4.69) is 48.5 Å². The Morgan fingerprint density at radius 2 is 0.971 bits per heavy atom. The summed E-state index contributed by atoms with van der Waals surface area (Å²) in [4.78, 5) is 0. The fourth-order valence-corrected chi connectivity index (χ4v) is 4.56. The first-order valence-electron chi connectivity index (χ1n) is 11.7. The third kappa shape index (κ3) is 5.37. The maximum absolute atomic E-state index is 11.0. The second-order valence-electron chi connectivity index (χ2n) is 8.11. The molecule has 176 valence electrons. The van der Waals surface area contributed by atoms with Gasteiger partial charge in [0.1, 0.15) is 0 Å². The molecular formula is C32H30O3. The van der Waals surface area contributed by atoms with Crippen molar-refractivity contribution in [2.75, 3.05) is 20.8 Å². The van der Waals surface area contributed by atoms with E-state index in [0.29, 0.717) is 5.95 Å². The number of aliphatic hydroxyl groups is 1. The van der Waals surface area contributed by atoms with E-state index in [1.165, 1.54) is 0 Å². The van der Waals surface area contributed by atoms with E-state index in [4.69, 9.17) is 9.47 Å². The van der Waals surface area contributed by atoms with Crippen molar-refractivity contribution in [3.63, 3.8) is 0 Å². The lowest BCUT2D eigenvalue weighted by molar-refractivity contribution is 0.0897. The normalized spacial score (nSPS) is 10.5. The molecule has 0 saturated carbocycles. The molecule has 4 rings (SSSR count). The molecule has 0 aliphatic rings. The Labute approximate surface area is 207 Å². The number of rotatable bonds is 9. The van der Waals surface area contributed by atoms with Crippen LogP contribution >= 0.6 is 0 Å². The summed E-state index contributed by atoms with van der Waals surface area (Å²) in [6.45, 7) is -0.194. The molecule has 4 aromatic rings. The van der Waals surface area contributed by atoms with Gasteiger partial charge in [0.15, 0.2) is 0 Å². The van der Waals surface area contributed by atoms with E-state index in [0.717, 1.165) is 39.0 Å². The molecular weight excluding hydrogens is 432 g/mol. The van der Waals surface area contributed by atoms with Gasteiger partial charge in [0.2, 0.25) is 0 Å². The molecule has 0 atom stereocenters. The molecule has 35 heavy (non-hydrogen) atoms. The molecule has 0 fully saturated rings. The van der Waals surface area contributed by atoms with Gasteiger partial charge >= 0.3 is 0 Å². The van der Waals surface area contributed by atoms with Crippen LogP contribution in [0.25, 0.3) is 5.57 Å². The Kier molecular flexibility index (Phi) is 8.16. The fourth-order valence-electron chi connectivity index (χ4n) is 4.56. The number of benzene rings is 4. The third-order valence-corrected chi connectivity index (χ3v) is 6.06. The molecule has 0 aliphatic carbocycles. The number of hydrogen-bond acceptors (Lipinski definition) is 3. The summed E-state index contributed by atoms with van der Waals surface area (Å²) in [6, 6.07) is 40.8. The maximum Gasteiger partial charge on any atom is 0.283 e. The summed E-state index contributed by atoms with van der Waals surface area (Å²) >= 11 is 0. The molecule has 3 nitrogen and oxygen atoms in total. The molecule has 0 aromatic heterocycles. The molecule has 0 heterocycles. The van der Waals surface area contributed by atoms with Crippen LogP contribution in [0.15, 0.2) is 138 Å². The van der Waals surface area contributed by atoms with E-state index >= 15 is 0 Å². The van der Waals surface area contributed by atoms with Gasteiger partial charge < -0.3 is 14.6 Å². The SMILES string of the molecule is COC(OC)=C(C(CO)=C(c1ccccc1)c1ccccc1)C(c1ccccc1)c1ccccc1. The van der Waals surface area contributed by atoms with Crippen LogP contribution in [0.2, 0.25) is 0 Å². The highest BCUT2D eigenvalue weighted by atomic mass is 16.7. The molecule has 0 saturated heterocycles. The summed E-state index contributed by atoms with van der Waals surface area (Å²) in [5.41, 5.74) is 6.64. The fraction of sp³-hybridized carbons (Fsp3) is 0.125. The first-order chi connectivity index (χ1) is 17.3. The largest absolute Gasteiger partial charge is 0.469 e. The van der Waals surface area contributed by atoms with Crippen LogP contribution in [0.1, 0.15) is 28.2 Å². The highest BCUT2D eigenvalue weighted by Gasteiger charge is 2.29. The van der Waals surface area contributed by atoms with E-state index < -0.39 is 0 Å². The van der Waals surface area contributed by atoms with Crippen molar-refractivity contribution in [3.8, 4) is 0 Å². The van der Waals surface area contributed by atoms with Gasteiger partial charge in [-0.1, -0.05) is 121 Å². The summed E-state index contributed by atoms with van der Waals surface area (Å²) in [5.74, 6) is 0.146. The van der Waals surface area contributed by atoms with Gasteiger partial charge in [-0.25, -0.2) is 0 Å². The zero-order valence-electron chi connectivity index (χ0n) is 20.1. The molecule has 4 aromatic carbocycles. The van der Waals surface area contributed by atoms with Gasteiger partial charge in [0.25, 0.3) is 5.95 Å². The minimum atomic E-state index is -0.225. The van der Waals surface area contributed by atoms with Crippen molar-refractivity contribution < 1.29 is 14.6 Å². The van der Waals surface area contributed by atoms with Crippen molar-refractivity contribution in [2.45, 2.75) is 5.92 Å². The lowest BCUT2D eigenvalue weighted by Gasteiger charge is -2.27. The van der Waals surface area contributed by atoms with E-state index in [1.807, 2.05) is 72.8 Å².